The van der Waals surface area contributed by atoms with Gasteiger partial charge in [0.15, 0.2) is 0 Å². The van der Waals surface area contributed by atoms with Crippen LogP contribution in [0.4, 0.5) is 0 Å². The third-order valence-electron chi connectivity index (χ3n) is 3.93. The summed E-state index contributed by atoms with van der Waals surface area (Å²) in [5, 5.41) is 12.4. The Bertz CT molecular complexity index is 626. The average Bonchev–Trinajstić information content (AvgIpc) is 3.44. The van der Waals surface area contributed by atoms with Crippen molar-refractivity contribution in [3.8, 4) is 11.5 Å². The van der Waals surface area contributed by atoms with E-state index >= 15 is 0 Å². The maximum absolute atomic E-state index is 8.90. The van der Waals surface area contributed by atoms with Crippen LogP contribution in [-0.4, -0.2) is 24.4 Å². The molecule has 0 bridgehead atoms. The molecule has 128 valence electrons. The molecule has 2 aromatic rings. The lowest BCUT2D eigenvalue weighted by Crippen LogP contribution is -2.15. The van der Waals surface area contributed by atoms with E-state index in [0.29, 0.717) is 25.7 Å². The van der Waals surface area contributed by atoms with Crippen LogP contribution < -0.4 is 14.8 Å². The Hall–Kier alpha value is -2.04. The largest absolute Gasteiger partial charge is 0.493 e. The van der Waals surface area contributed by atoms with Gasteiger partial charge >= 0.3 is 0 Å². The third-order valence-corrected chi connectivity index (χ3v) is 3.93. The summed E-state index contributed by atoms with van der Waals surface area (Å²) in [5.74, 6) is 1.61. The van der Waals surface area contributed by atoms with Crippen molar-refractivity contribution in [2.24, 2.45) is 0 Å². The average molecular weight is 327 g/mol. The summed E-state index contributed by atoms with van der Waals surface area (Å²) in [5.41, 5.74) is 2.30. The van der Waals surface area contributed by atoms with Crippen molar-refractivity contribution in [3.63, 3.8) is 0 Å². The Morgan fingerprint density at radius 3 is 2.42 bits per heavy atom. The van der Waals surface area contributed by atoms with Crippen molar-refractivity contribution in [1.82, 2.24) is 5.32 Å². The minimum atomic E-state index is 0.139. The van der Waals surface area contributed by atoms with E-state index in [4.69, 9.17) is 14.6 Å². The second kappa shape index (κ2) is 8.71. The van der Waals surface area contributed by atoms with Gasteiger partial charge in [0.2, 0.25) is 0 Å². The van der Waals surface area contributed by atoms with E-state index in [1.54, 1.807) is 0 Å². The molecule has 4 heteroatoms. The molecule has 0 unspecified atom stereocenters. The maximum atomic E-state index is 8.90. The van der Waals surface area contributed by atoms with Gasteiger partial charge in [0.1, 0.15) is 18.1 Å². The summed E-state index contributed by atoms with van der Waals surface area (Å²) in [6.45, 7) is 2.01. The van der Waals surface area contributed by atoms with Crippen LogP contribution >= 0.6 is 0 Å². The number of nitrogens with one attached hydrogen (secondary N) is 1. The lowest BCUT2D eigenvalue weighted by atomic mass is 10.2. The van der Waals surface area contributed by atoms with Gasteiger partial charge in [0, 0.05) is 31.7 Å². The molecule has 0 heterocycles. The first-order chi connectivity index (χ1) is 11.8. The predicted octanol–water partition coefficient (Wildman–Crippen LogP) is 3.28. The van der Waals surface area contributed by atoms with E-state index in [1.807, 2.05) is 30.3 Å². The first-order valence-electron chi connectivity index (χ1n) is 8.61. The monoisotopic (exact) mass is 327 g/mol. The van der Waals surface area contributed by atoms with E-state index in [1.165, 1.54) is 12.8 Å². The highest BCUT2D eigenvalue weighted by Gasteiger charge is 2.20. The summed E-state index contributed by atoms with van der Waals surface area (Å²) < 4.78 is 11.7. The lowest BCUT2D eigenvalue weighted by molar-refractivity contribution is 0.232. The summed E-state index contributed by atoms with van der Waals surface area (Å²) in [6, 6.07) is 16.8. The van der Waals surface area contributed by atoms with Crippen LogP contribution in [0.25, 0.3) is 0 Å². The Labute approximate surface area is 143 Å². The van der Waals surface area contributed by atoms with Crippen LogP contribution in [-0.2, 0) is 13.2 Å². The van der Waals surface area contributed by atoms with Crippen molar-refractivity contribution in [2.75, 3.05) is 13.2 Å². The fourth-order valence-electron chi connectivity index (χ4n) is 2.44. The van der Waals surface area contributed by atoms with Gasteiger partial charge in [-0.15, -0.1) is 0 Å². The summed E-state index contributed by atoms with van der Waals surface area (Å²) in [4.78, 5) is 0. The molecular weight excluding hydrogens is 302 g/mol. The maximum Gasteiger partial charge on any atom is 0.123 e. The topological polar surface area (TPSA) is 50.7 Å². The van der Waals surface area contributed by atoms with Crippen LogP contribution in [0, 0.1) is 0 Å². The Morgan fingerprint density at radius 1 is 0.958 bits per heavy atom. The number of ether oxygens (including phenoxy) is 2. The fourth-order valence-corrected chi connectivity index (χ4v) is 2.44. The SMILES string of the molecule is OCCCOc1cc(CNC2CC2)cc(OCc2ccccc2)c1. The van der Waals surface area contributed by atoms with Gasteiger partial charge < -0.3 is 19.9 Å². The Balaban J connectivity index is 1.64. The van der Waals surface area contributed by atoms with Crippen molar-refractivity contribution < 1.29 is 14.6 Å². The summed E-state index contributed by atoms with van der Waals surface area (Å²) >= 11 is 0. The Kier molecular flexibility index (Phi) is 6.10. The van der Waals surface area contributed by atoms with Gasteiger partial charge in [-0.3, -0.25) is 0 Å². The van der Waals surface area contributed by atoms with Gasteiger partial charge in [-0.2, -0.15) is 0 Å². The zero-order chi connectivity index (χ0) is 16.6. The van der Waals surface area contributed by atoms with E-state index in [0.717, 1.165) is 29.2 Å². The van der Waals surface area contributed by atoms with Crippen LogP contribution in [0.15, 0.2) is 48.5 Å². The molecule has 0 atom stereocenters. The van der Waals surface area contributed by atoms with Gasteiger partial charge in [-0.25, -0.2) is 0 Å². The molecule has 1 aliphatic carbocycles. The normalized spacial score (nSPS) is 13.7. The molecule has 0 aromatic heterocycles. The van der Waals surface area contributed by atoms with E-state index < -0.39 is 0 Å². The lowest BCUT2D eigenvalue weighted by Gasteiger charge is -2.13. The van der Waals surface area contributed by atoms with E-state index in [9.17, 15) is 0 Å². The van der Waals surface area contributed by atoms with Crippen molar-refractivity contribution in [2.45, 2.75) is 38.5 Å². The highest BCUT2D eigenvalue weighted by molar-refractivity contribution is 5.38. The molecule has 0 saturated heterocycles. The zero-order valence-electron chi connectivity index (χ0n) is 13.9. The molecule has 0 amide bonds. The molecule has 2 aromatic carbocycles. The molecule has 0 spiro atoms. The summed E-state index contributed by atoms with van der Waals surface area (Å²) in [7, 11) is 0. The minimum Gasteiger partial charge on any atom is -0.493 e. The number of hydrogen-bond acceptors (Lipinski definition) is 4. The second-order valence-corrected chi connectivity index (χ2v) is 6.17. The smallest absolute Gasteiger partial charge is 0.123 e. The second-order valence-electron chi connectivity index (χ2n) is 6.17. The molecule has 1 fully saturated rings. The number of aliphatic hydroxyl groups is 1. The quantitative estimate of drug-likeness (QED) is 0.658. The predicted molar refractivity (Wildman–Crippen MR) is 94.3 cm³/mol. The van der Waals surface area contributed by atoms with Gasteiger partial charge in [0.05, 0.1) is 6.61 Å². The zero-order valence-corrected chi connectivity index (χ0v) is 13.9. The molecule has 24 heavy (non-hydrogen) atoms. The molecule has 1 aliphatic rings. The molecule has 3 rings (SSSR count). The van der Waals surface area contributed by atoms with Gasteiger partial charge in [0.25, 0.3) is 0 Å². The summed E-state index contributed by atoms with van der Waals surface area (Å²) in [6.07, 6.45) is 3.17. The Morgan fingerprint density at radius 2 is 1.71 bits per heavy atom. The van der Waals surface area contributed by atoms with Gasteiger partial charge in [-0.1, -0.05) is 30.3 Å². The number of benzene rings is 2. The fraction of sp³-hybridized carbons (Fsp3) is 0.400. The molecule has 1 saturated carbocycles. The molecule has 2 N–H and O–H groups in total. The molecular formula is C20H25NO3. The molecule has 4 nitrogen and oxygen atoms in total. The number of rotatable bonds is 10. The van der Waals surface area contributed by atoms with Crippen LogP contribution in [0.3, 0.4) is 0 Å². The number of aliphatic hydroxyl groups excluding tert-OH is 1. The highest BCUT2D eigenvalue weighted by Crippen LogP contribution is 2.25. The molecule has 0 aliphatic heterocycles. The first kappa shape index (κ1) is 16.8. The van der Waals surface area contributed by atoms with Crippen LogP contribution in [0.2, 0.25) is 0 Å². The van der Waals surface area contributed by atoms with E-state index in [2.05, 4.69) is 23.5 Å². The van der Waals surface area contributed by atoms with Gasteiger partial charge in [-0.05, 0) is 36.1 Å². The van der Waals surface area contributed by atoms with Crippen molar-refractivity contribution >= 4 is 0 Å². The number of hydrogen-bond donors (Lipinski definition) is 2. The van der Waals surface area contributed by atoms with Crippen molar-refractivity contribution in [3.05, 3.63) is 59.7 Å². The van der Waals surface area contributed by atoms with E-state index in [-0.39, 0.29) is 6.61 Å². The minimum absolute atomic E-state index is 0.139. The first-order valence-corrected chi connectivity index (χ1v) is 8.61. The van der Waals surface area contributed by atoms with Crippen LogP contribution in [0.5, 0.6) is 11.5 Å². The third kappa shape index (κ3) is 5.55. The molecule has 0 radical (unpaired) electrons. The van der Waals surface area contributed by atoms with Crippen LogP contribution in [0.1, 0.15) is 30.4 Å². The standard InChI is InChI=1S/C20H25NO3/c22-9-4-10-23-19-11-17(14-21-18-7-8-18)12-20(13-19)24-15-16-5-2-1-3-6-16/h1-3,5-6,11-13,18,21-22H,4,7-10,14-15H2. The van der Waals surface area contributed by atoms with Crippen molar-refractivity contribution in [1.29, 1.82) is 0 Å². The highest BCUT2D eigenvalue weighted by atomic mass is 16.5.